The second-order valence-corrected chi connectivity index (χ2v) is 8.21. The first-order chi connectivity index (χ1) is 11.9. The maximum absolute atomic E-state index is 12.5. The lowest BCUT2D eigenvalue weighted by Crippen LogP contribution is -2.45. The molecule has 1 N–H and O–H groups in total. The molecule has 1 aliphatic heterocycles. The van der Waals surface area contributed by atoms with Crippen LogP contribution in [0.25, 0.3) is 0 Å². The predicted molar refractivity (Wildman–Crippen MR) is 95.2 cm³/mol. The molecule has 1 aliphatic rings. The Morgan fingerprint density at radius 3 is 2.48 bits per heavy atom. The predicted octanol–water partition coefficient (Wildman–Crippen LogP) is 1.38. The van der Waals surface area contributed by atoms with E-state index in [1.54, 1.807) is 33.3 Å². The zero-order chi connectivity index (χ0) is 18.4. The highest BCUT2D eigenvalue weighted by Gasteiger charge is 2.31. The van der Waals surface area contributed by atoms with Crippen molar-refractivity contribution in [2.45, 2.75) is 26.3 Å². The maximum atomic E-state index is 12.5. The first kappa shape index (κ1) is 19.5. The van der Waals surface area contributed by atoms with Gasteiger partial charge in [0.25, 0.3) is 0 Å². The van der Waals surface area contributed by atoms with Crippen LogP contribution < -0.4 is 14.8 Å². The molecule has 1 aromatic carbocycles. The van der Waals surface area contributed by atoms with Gasteiger partial charge in [0.05, 0.1) is 38.0 Å². The fraction of sp³-hybridized carbons (Fsp3) is 0.588. The van der Waals surface area contributed by atoms with Gasteiger partial charge in [-0.05, 0) is 31.9 Å². The minimum Gasteiger partial charge on any atom is -0.496 e. The van der Waals surface area contributed by atoms with Crippen molar-refractivity contribution in [2.24, 2.45) is 5.92 Å². The summed E-state index contributed by atoms with van der Waals surface area (Å²) in [5, 5.41) is 2.89. The molecule has 0 radical (unpaired) electrons. The van der Waals surface area contributed by atoms with Gasteiger partial charge < -0.3 is 14.8 Å². The average Bonchev–Trinajstić information content (AvgIpc) is 2.65. The number of methoxy groups -OCH3 is 2. The Morgan fingerprint density at radius 1 is 1.28 bits per heavy atom. The molecular weight excluding hydrogens is 344 g/mol. The van der Waals surface area contributed by atoms with Crippen LogP contribution in [0, 0.1) is 5.92 Å². The molecule has 0 spiro atoms. The van der Waals surface area contributed by atoms with E-state index in [4.69, 9.17) is 9.47 Å². The fourth-order valence-corrected chi connectivity index (χ4v) is 4.19. The highest BCUT2D eigenvalue weighted by Crippen LogP contribution is 2.28. The van der Waals surface area contributed by atoms with Gasteiger partial charge in [-0.3, -0.25) is 4.79 Å². The van der Waals surface area contributed by atoms with Crippen LogP contribution in [0.5, 0.6) is 11.5 Å². The summed E-state index contributed by atoms with van der Waals surface area (Å²) in [5.74, 6) is 0.844. The molecule has 1 aromatic rings. The number of nitrogens with one attached hydrogen (secondary N) is 1. The van der Waals surface area contributed by atoms with Gasteiger partial charge in [0.15, 0.2) is 0 Å². The van der Waals surface area contributed by atoms with Gasteiger partial charge in [0.2, 0.25) is 15.9 Å². The van der Waals surface area contributed by atoms with Crippen LogP contribution >= 0.6 is 0 Å². The molecule has 0 aliphatic carbocycles. The number of carbonyl (C=O) groups is 1. The van der Waals surface area contributed by atoms with Crippen molar-refractivity contribution < 1.29 is 22.7 Å². The van der Waals surface area contributed by atoms with E-state index in [2.05, 4.69) is 5.32 Å². The Kier molecular flexibility index (Phi) is 6.66. The summed E-state index contributed by atoms with van der Waals surface area (Å²) in [4.78, 5) is 12.5. The smallest absolute Gasteiger partial charge is 0.224 e. The largest absolute Gasteiger partial charge is 0.496 e. The maximum Gasteiger partial charge on any atom is 0.224 e. The van der Waals surface area contributed by atoms with Gasteiger partial charge in [0.1, 0.15) is 11.5 Å². The normalized spacial score (nSPS) is 18.6. The number of carbonyl (C=O) groups excluding carboxylic acids is 1. The number of rotatable bonds is 7. The Hall–Kier alpha value is -1.80. The van der Waals surface area contributed by atoms with Crippen LogP contribution in [0.4, 0.5) is 0 Å². The number of hydrogen-bond donors (Lipinski definition) is 1. The molecule has 7 nitrogen and oxygen atoms in total. The van der Waals surface area contributed by atoms with Crippen molar-refractivity contribution in [3.05, 3.63) is 23.8 Å². The highest BCUT2D eigenvalue weighted by atomic mass is 32.2. The molecule has 0 saturated carbocycles. The lowest BCUT2D eigenvalue weighted by atomic mass is 9.98. The van der Waals surface area contributed by atoms with Gasteiger partial charge in [-0.15, -0.1) is 0 Å². The Morgan fingerprint density at radius 2 is 1.92 bits per heavy atom. The zero-order valence-electron chi connectivity index (χ0n) is 14.9. The van der Waals surface area contributed by atoms with E-state index < -0.39 is 10.0 Å². The van der Waals surface area contributed by atoms with Gasteiger partial charge in [-0.25, -0.2) is 12.7 Å². The van der Waals surface area contributed by atoms with E-state index in [1.807, 2.05) is 6.07 Å². The first-order valence-corrected chi connectivity index (χ1v) is 9.99. The average molecular weight is 370 g/mol. The van der Waals surface area contributed by atoms with Crippen molar-refractivity contribution in [3.63, 3.8) is 0 Å². The quantitative estimate of drug-likeness (QED) is 0.784. The standard InChI is InChI=1S/C17H26N2O5S/c1-4-25(21,22)19-10-6-7-13(12-19)17(20)18-11-14-15(23-2)8-5-9-16(14)24-3/h5,8-9,13H,4,6-7,10-12H2,1-3H3,(H,18,20)/t13-/m1/s1. The second-order valence-electron chi connectivity index (χ2n) is 5.96. The molecule has 1 atom stereocenters. The van der Waals surface area contributed by atoms with Crippen LogP contribution in [0.15, 0.2) is 18.2 Å². The number of hydrogen-bond acceptors (Lipinski definition) is 5. The number of amides is 1. The summed E-state index contributed by atoms with van der Waals surface area (Å²) in [7, 11) is -0.134. The van der Waals surface area contributed by atoms with E-state index in [0.717, 1.165) is 5.56 Å². The summed E-state index contributed by atoms with van der Waals surface area (Å²) < 4.78 is 36.1. The van der Waals surface area contributed by atoms with Crippen LogP contribution in [0.3, 0.4) is 0 Å². The molecule has 1 saturated heterocycles. The van der Waals surface area contributed by atoms with Gasteiger partial charge in [0, 0.05) is 13.1 Å². The molecule has 140 valence electrons. The molecule has 1 amide bonds. The van der Waals surface area contributed by atoms with E-state index in [1.165, 1.54) is 4.31 Å². The van der Waals surface area contributed by atoms with Gasteiger partial charge in [-0.2, -0.15) is 0 Å². The Bertz CT molecular complexity index is 683. The van der Waals surface area contributed by atoms with Crippen LogP contribution in [-0.4, -0.2) is 51.7 Å². The fourth-order valence-electron chi connectivity index (χ4n) is 3.01. The number of ether oxygens (including phenoxy) is 2. The molecular formula is C17H26N2O5S. The van der Waals surface area contributed by atoms with Crippen molar-refractivity contribution in [2.75, 3.05) is 33.1 Å². The number of sulfonamides is 1. The van der Waals surface area contributed by atoms with Crippen molar-refractivity contribution in [1.29, 1.82) is 0 Å². The van der Waals surface area contributed by atoms with Crippen molar-refractivity contribution in [3.8, 4) is 11.5 Å². The highest BCUT2D eigenvalue weighted by molar-refractivity contribution is 7.89. The Balaban J connectivity index is 2.03. The zero-order valence-corrected chi connectivity index (χ0v) is 15.8. The van der Waals surface area contributed by atoms with Crippen molar-refractivity contribution in [1.82, 2.24) is 9.62 Å². The van der Waals surface area contributed by atoms with Crippen LogP contribution in [0.1, 0.15) is 25.3 Å². The topological polar surface area (TPSA) is 84.9 Å². The lowest BCUT2D eigenvalue weighted by Gasteiger charge is -2.31. The Labute approximate surface area is 149 Å². The summed E-state index contributed by atoms with van der Waals surface area (Å²) in [6, 6.07) is 5.43. The molecule has 1 heterocycles. The third-order valence-electron chi connectivity index (χ3n) is 4.48. The van der Waals surface area contributed by atoms with E-state index >= 15 is 0 Å². The minimum absolute atomic E-state index is 0.0553. The number of benzene rings is 1. The summed E-state index contributed by atoms with van der Waals surface area (Å²) in [6.07, 6.45) is 1.37. The summed E-state index contributed by atoms with van der Waals surface area (Å²) >= 11 is 0. The monoisotopic (exact) mass is 370 g/mol. The number of piperidine rings is 1. The van der Waals surface area contributed by atoms with Crippen LogP contribution in [0.2, 0.25) is 0 Å². The van der Waals surface area contributed by atoms with Gasteiger partial charge in [-0.1, -0.05) is 6.07 Å². The number of nitrogens with zero attached hydrogens (tertiary/aromatic N) is 1. The summed E-state index contributed by atoms with van der Waals surface area (Å²) in [5.41, 5.74) is 0.759. The SMILES string of the molecule is CCS(=O)(=O)N1CCC[C@@H](C(=O)NCc2c(OC)cccc2OC)C1. The van der Waals surface area contributed by atoms with E-state index in [-0.39, 0.29) is 30.7 Å². The molecule has 25 heavy (non-hydrogen) atoms. The third kappa shape index (κ3) is 4.64. The molecule has 0 bridgehead atoms. The molecule has 0 aromatic heterocycles. The minimum atomic E-state index is -3.26. The van der Waals surface area contributed by atoms with Gasteiger partial charge >= 0.3 is 0 Å². The molecule has 2 rings (SSSR count). The molecule has 8 heteroatoms. The second kappa shape index (κ2) is 8.53. The van der Waals surface area contributed by atoms with Crippen molar-refractivity contribution >= 4 is 15.9 Å². The lowest BCUT2D eigenvalue weighted by molar-refractivity contribution is -0.126. The molecule has 1 fully saturated rings. The molecule has 0 unspecified atom stereocenters. The summed E-state index contributed by atoms with van der Waals surface area (Å²) in [6.45, 7) is 2.61. The van der Waals surface area contributed by atoms with E-state index in [9.17, 15) is 13.2 Å². The van der Waals surface area contributed by atoms with E-state index in [0.29, 0.717) is 30.9 Å². The first-order valence-electron chi connectivity index (χ1n) is 8.38. The third-order valence-corrected chi connectivity index (χ3v) is 6.33. The van der Waals surface area contributed by atoms with Crippen LogP contribution in [-0.2, 0) is 21.4 Å².